The van der Waals surface area contributed by atoms with Crippen LogP contribution in [-0.2, 0) is 0 Å². The number of nitrogens with zero attached hydrogens (tertiary/aromatic N) is 2. The summed E-state index contributed by atoms with van der Waals surface area (Å²) < 4.78 is 10.2. The van der Waals surface area contributed by atoms with E-state index in [1.54, 1.807) is 35.1 Å². The van der Waals surface area contributed by atoms with Gasteiger partial charge in [0, 0.05) is 34.3 Å². The molecule has 1 unspecified atom stereocenters. The Morgan fingerprint density at radius 2 is 1.33 bits per heavy atom. The van der Waals surface area contributed by atoms with Crippen LogP contribution in [0.3, 0.4) is 0 Å². The van der Waals surface area contributed by atoms with E-state index in [-0.39, 0.29) is 11.5 Å². The van der Waals surface area contributed by atoms with Crippen LogP contribution in [0.2, 0.25) is 0 Å². The van der Waals surface area contributed by atoms with E-state index in [9.17, 15) is 14.7 Å². The maximum absolute atomic E-state index is 11.6. The van der Waals surface area contributed by atoms with Gasteiger partial charge in [-0.05, 0) is 24.6 Å². The van der Waals surface area contributed by atoms with E-state index in [0.717, 1.165) is 0 Å². The summed E-state index contributed by atoms with van der Waals surface area (Å²) in [6.45, 7) is 1.56. The van der Waals surface area contributed by atoms with E-state index >= 15 is 0 Å². The van der Waals surface area contributed by atoms with Crippen molar-refractivity contribution in [1.29, 1.82) is 0 Å². The highest BCUT2D eigenvalue weighted by Gasteiger charge is 2.14. The third-order valence-corrected chi connectivity index (χ3v) is 2.53. The second kappa shape index (κ2) is 6.94. The lowest BCUT2D eigenvalue weighted by Gasteiger charge is -2.15. The van der Waals surface area contributed by atoms with Crippen molar-refractivity contribution in [3.05, 3.63) is 23.8 Å². The standard InChI is InChI=1S/C14H20N2O5/c1-9(17)10-6-11(20-13(18)15(2)3)8-12(7-10)21-14(19)16(4)5/h6-9,17H,1-5H3. The fourth-order valence-electron chi connectivity index (χ4n) is 1.34. The van der Waals surface area contributed by atoms with Crippen molar-refractivity contribution in [2.24, 2.45) is 0 Å². The number of ether oxygens (including phenoxy) is 2. The van der Waals surface area contributed by atoms with Gasteiger partial charge in [-0.25, -0.2) is 9.59 Å². The van der Waals surface area contributed by atoms with Crippen molar-refractivity contribution in [2.45, 2.75) is 13.0 Å². The molecule has 7 nitrogen and oxygen atoms in total. The lowest BCUT2D eigenvalue weighted by atomic mass is 10.1. The Morgan fingerprint density at radius 3 is 1.62 bits per heavy atom. The van der Waals surface area contributed by atoms with Crippen LogP contribution >= 0.6 is 0 Å². The van der Waals surface area contributed by atoms with Crippen molar-refractivity contribution in [3.8, 4) is 11.5 Å². The Hall–Kier alpha value is -2.28. The predicted molar refractivity (Wildman–Crippen MR) is 76.5 cm³/mol. The molecule has 2 amide bonds. The molecular weight excluding hydrogens is 276 g/mol. The van der Waals surface area contributed by atoms with Crippen LogP contribution in [0.5, 0.6) is 11.5 Å². The van der Waals surface area contributed by atoms with Crippen molar-refractivity contribution in [3.63, 3.8) is 0 Å². The first-order chi connectivity index (χ1) is 9.70. The van der Waals surface area contributed by atoms with Crippen LogP contribution < -0.4 is 9.47 Å². The zero-order valence-corrected chi connectivity index (χ0v) is 12.8. The number of carbonyl (C=O) groups excluding carboxylic acids is 2. The molecule has 1 atom stereocenters. The van der Waals surface area contributed by atoms with Crippen molar-refractivity contribution in [2.75, 3.05) is 28.2 Å². The molecule has 21 heavy (non-hydrogen) atoms. The van der Waals surface area contributed by atoms with Crippen molar-refractivity contribution in [1.82, 2.24) is 9.80 Å². The Bertz CT molecular complexity index is 486. The predicted octanol–water partition coefficient (Wildman–Crippen LogP) is 1.86. The monoisotopic (exact) mass is 296 g/mol. The van der Waals surface area contributed by atoms with Crippen LogP contribution in [0.25, 0.3) is 0 Å². The maximum Gasteiger partial charge on any atom is 0.414 e. The molecule has 0 fully saturated rings. The Kier molecular flexibility index (Phi) is 5.54. The highest BCUT2D eigenvalue weighted by atomic mass is 16.6. The van der Waals surface area contributed by atoms with Crippen LogP contribution in [-0.4, -0.2) is 55.3 Å². The summed E-state index contributed by atoms with van der Waals surface area (Å²) in [7, 11) is 6.20. The SMILES string of the molecule is CC(O)c1cc(OC(=O)N(C)C)cc(OC(=O)N(C)C)c1. The Morgan fingerprint density at radius 1 is 0.952 bits per heavy atom. The molecule has 0 saturated heterocycles. The molecule has 0 aliphatic carbocycles. The number of carbonyl (C=O) groups is 2. The molecule has 0 bridgehead atoms. The van der Waals surface area contributed by atoms with Gasteiger partial charge < -0.3 is 24.4 Å². The van der Waals surface area contributed by atoms with E-state index < -0.39 is 18.3 Å². The zero-order valence-electron chi connectivity index (χ0n) is 12.8. The van der Waals surface area contributed by atoms with Gasteiger partial charge in [0.25, 0.3) is 0 Å². The molecule has 1 aromatic rings. The largest absolute Gasteiger partial charge is 0.414 e. The average molecular weight is 296 g/mol. The second-order valence-corrected chi connectivity index (χ2v) is 4.94. The Balaban J connectivity index is 3.06. The fourth-order valence-corrected chi connectivity index (χ4v) is 1.34. The summed E-state index contributed by atoms with van der Waals surface area (Å²) in [4.78, 5) is 25.6. The third kappa shape index (κ3) is 4.96. The summed E-state index contributed by atoms with van der Waals surface area (Å²) in [5, 5.41) is 9.66. The number of hydrogen-bond donors (Lipinski definition) is 1. The van der Waals surface area contributed by atoms with Gasteiger partial charge in [0.05, 0.1) is 6.10 Å². The first-order valence-corrected chi connectivity index (χ1v) is 6.32. The molecule has 0 aliphatic rings. The highest BCUT2D eigenvalue weighted by molar-refractivity contribution is 5.72. The Labute approximate surface area is 123 Å². The van der Waals surface area contributed by atoms with Gasteiger partial charge in [0.1, 0.15) is 11.5 Å². The van der Waals surface area contributed by atoms with Crippen LogP contribution in [0.4, 0.5) is 9.59 Å². The van der Waals surface area contributed by atoms with Gasteiger partial charge in [-0.15, -0.1) is 0 Å². The fraction of sp³-hybridized carbons (Fsp3) is 0.429. The van der Waals surface area contributed by atoms with E-state index in [2.05, 4.69) is 0 Å². The van der Waals surface area contributed by atoms with Gasteiger partial charge in [-0.1, -0.05) is 0 Å². The van der Waals surface area contributed by atoms with E-state index in [4.69, 9.17) is 9.47 Å². The number of hydrogen-bond acceptors (Lipinski definition) is 5. The number of aliphatic hydroxyl groups excluding tert-OH is 1. The number of aliphatic hydroxyl groups is 1. The molecule has 0 saturated carbocycles. The average Bonchev–Trinajstić information content (AvgIpc) is 2.37. The minimum atomic E-state index is -0.792. The summed E-state index contributed by atoms with van der Waals surface area (Å²) in [6, 6.07) is 4.44. The summed E-state index contributed by atoms with van der Waals surface area (Å²) in [5.74, 6) is 0.377. The van der Waals surface area contributed by atoms with Crippen molar-refractivity contribution >= 4 is 12.2 Å². The minimum Gasteiger partial charge on any atom is -0.410 e. The molecule has 0 aliphatic heterocycles. The van der Waals surface area contributed by atoms with Crippen molar-refractivity contribution < 1.29 is 24.2 Å². The normalized spacial score (nSPS) is 11.5. The molecule has 1 rings (SSSR count). The van der Waals surface area contributed by atoms with Gasteiger partial charge in [-0.3, -0.25) is 0 Å². The van der Waals surface area contributed by atoms with E-state index in [1.807, 2.05) is 0 Å². The molecule has 1 N–H and O–H groups in total. The highest BCUT2D eigenvalue weighted by Crippen LogP contribution is 2.27. The van der Waals surface area contributed by atoms with E-state index in [0.29, 0.717) is 5.56 Å². The number of benzene rings is 1. The van der Waals surface area contributed by atoms with Gasteiger partial charge >= 0.3 is 12.2 Å². The lowest BCUT2D eigenvalue weighted by molar-refractivity contribution is 0.168. The molecule has 0 heterocycles. The minimum absolute atomic E-state index is 0.189. The number of amides is 2. The summed E-state index contributed by atoms with van der Waals surface area (Å²) in [6.07, 6.45) is -1.93. The van der Waals surface area contributed by atoms with Gasteiger partial charge in [0.2, 0.25) is 0 Å². The molecule has 0 spiro atoms. The first-order valence-electron chi connectivity index (χ1n) is 6.32. The first kappa shape index (κ1) is 16.8. The molecule has 0 radical (unpaired) electrons. The summed E-state index contributed by atoms with van der Waals surface area (Å²) in [5.41, 5.74) is 0.473. The van der Waals surface area contributed by atoms with E-state index in [1.165, 1.54) is 28.0 Å². The quantitative estimate of drug-likeness (QED) is 0.921. The molecule has 116 valence electrons. The molecule has 7 heteroatoms. The maximum atomic E-state index is 11.6. The number of rotatable bonds is 3. The zero-order chi connectivity index (χ0) is 16.2. The smallest absolute Gasteiger partial charge is 0.410 e. The molecular formula is C14H20N2O5. The molecule has 1 aromatic carbocycles. The summed E-state index contributed by atoms with van der Waals surface area (Å²) >= 11 is 0. The van der Waals surface area contributed by atoms with Crippen LogP contribution in [0.1, 0.15) is 18.6 Å². The third-order valence-electron chi connectivity index (χ3n) is 2.53. The topological polar surface area (TPSA) is 79.3 Å². The molecule has 0 aromatic heterocycles. The second-order valence-electron chi connectivity index (χ2n) is 4.94. The van der Waals surface area contributed by atoms with Crippen LogP contribution in [0.15, 0.2) is 18.2 Å². The van der Waals surface area contributed by atoms with Gasteiger partial charge in [-0.2, -0.15) is 0 Å². The van der Waals surface area contributed by atoms with Gasteiger partial charge in [0.15, 0.2) is 0 Å². The lowest BCUT2D eigenvalue weighted by Crippen LogP contribution is -2.26. The van der Waals surface area contributed by atoms with Crippen LogP contribution in [0, 0.1) is 0 Å².